The van der Waals surface area contributed by atoms with E-state index in [0.717, 1.165) is 35.8 Å². The molecule has 0 amide bonds. The molecule has 0 radical (unpaired) electrons. The summed E-state index contributed by atoms with van der Waals surface area (Å²) in [5.41, 5.74) is 0.183. The molecule has 27 heavy (non-hydrogen) atoms. The van der Waals surface area contributed by atoms with Crippen molar-refractivity contribution >= 4 is 17.2 Å². The largest absolute Gasteiger partial charge is 0.444 e. The Labute approximate surface area is 158 Å². The topological polar surface area (TPSA) is 45.4 Å². The number of nitrogens with zero attached hydrogens (tertiary/aromatic N) is 4. The molecule has 5 nitrogen and oxygen atoms in total. The van der Waals surface area contributed by atoms with Gasteiger partial charge in [-0.1, -0.05) is 6.07 Å². The van der Waals surface area contributed by atoms with Gasteiger partial charge in [0.1, 0.15) is 12.1 Å². The zero-order valence-electron chi connectivity index (χ0n) is 14.3. The standard InChI is InChI=1S/C18H17F3N4OS/c19-18(20,21)13-3-4-22-16(10-13)25-7-5-24(6-8-25)11-14-12-26-17(23-14)15-2-1-9-27-15/h1-4,9-10,12H,5-8,11H2. The van der Waals surface area contributed by atoms with Crippen molar-refractivity contribution in [3.8, 4) is 10.8 Å². The van der Waals surface area contributed by atoms with Gasteiger partial charge in [0, 0.05) is 38.9 Å². The Morgan fingerprint density at radius 1 is 1.15 bits per heavy atom. The Morgan fingerprint density at radius 3 is 2.67 bits per heavy atom. The van der Waals surface area contributed by atoms with E-state index in [1.165, 1.54) is 6.20 Å². The van der Waals surface area contributed by atoms with Gasteiger partial charge in [0.15, 0.2) is 0 Å². The Morgan fingerprint density at radius 2 is 1.96 bits per heavy atom. The number of aromatic nitrogens is 2. The van der Waals surface area contributed by atoms with Crippen molar-refractivity contribution in [3.63, 3.8) is 0 Å². The van der Waals surface area contributed by atoms with Crippen LogP contribution in [0.4, 0.5) is 19.0 Å². The summed E-state index contributed by atoms with van der Waals surface area (Å²) in [4.78, 5) is 13.7. The number of hydrogen-bond acceptors (Lipinski definition) is 6. The van der Waals surface area contributed by atoms with Crippen LogP contribution in [0.3, 0.4) is 0 Å². The molecule has 0 N–H and O–H groups in total. The number of anilines is 1. The molecule has 3 aromatic heterocycles. The summed E-state index contributed by atoms with van der Waals surface area (Å²) in [6, 6.07) is 6.02. The van der Waals surface area contributed by atoms with E-state index in [1.807, 2.05) is 22.4 Å². The molecule has 0 spiro atoms. The Balaban J connectivity index is 1.36. The first-order valence-corrected chi connectivity index (χ1v) is 9.36. The van der Waals surface area contributed by atoms with Crippen LogP contribution in [0.2, 0.25) is 0 Å². The number of thiophene rings is 1. The second kappa shape index (κ2) is 7.32. The second-order valence-corrected chi connectivity index (χ2v) is 7.23. The molecule has 0 bridgehead atoms. The quantitative estimate of drug-likeness (QED) is 0.666. The lowest BCUT2D eigenvalue weighted by Crippen LogP contribution is -2.46. The van der Waals surface area contributed by atoms with Crippen LogP contribution in [0, 0.1) is 0 Å². The third-order valence-corrected chi connectivity index (χ3v) is 5.30. The Kier molecular flexibility index (Phi) is 4.88. The minimum Gasteiger partial charge on any atom is -0.444 e. The van der Waals surface area contributed by atoms with Crippen LogP contribution in [0.15, 0.2) is 46.5 Å². The molecule has 3 aromatic rings. The van der Waals surface area contributed by atoms with E-state index in [1.54, 1.807) is 17.6 Å². The summed E-state index contributed by atoms with van der Waals surface area (Å²) >= 11 is 1.57. The molecular weight excluding hydrogens is 377 g/mol. The zero-order valence-corrected chi connectivity index (χ0v) is 15.1. The fraction of sp³-hybridized carbons (Fsp3) is 0.333. The van der Waals surface area contributed by atoms with Crippen LogP contribution in [0.1, 0.15) is 11.3 Å². The molecule has 1 aliphatic rings. The normalized spacial score (nSPS) is 16.0. The van der Waals surface area contributed by atoms with Crippen LogP contribution >= 0.6 is 11.3 Å². The SMILES string of the molecule is FC(F)(F)c1ccnc(N2CCN(Cc3coc(-c4cccs4)n3)CC2)c1. The number of alkyl halides is 3. The minimum absolute atomic E-state index is 0.367. The van der Waals surface area contributed by atoms with Gasteiger partial charge in [-0.2, -0.15) is 13.2 Å². The van der Waals surface area contributed by atoms with Gasteiger partial charge in [-0.25, -0.2) is 9.97 Å². The van der Waals surface area contributed by atoms with Gasteiger partial charge in [0.05, 0.1) is 16.1 Å². The van der Waals surface area contributed by atoms with Gasteiger partial charge in [-0.05, 0) is 23.6 Å². The minimum atomic E-state index is -4.35. The first-order chi connectivity index (χ1) is 13.0. The highest BCUT2D eigenvalue weighted by molar-refractivity contribution is 7.13. The van der Waals surface area contributed by atoms with Gasteiger partial charge in [0.25, 0.3) is 0 Å². The van der Waals surface area contributed by atoms with Crippen molar-refractivity contribution in [1.82, 2.24) is 14.9 Å². The molecular formula is C18H17F3N4OS. The lowest BCUT2D eigenvalue weighted by molar-refractivity contribution is -0.137. The van der Waals surface area contributed by atoms with Crippen molar-refractivity contribution in [2.24, 2.45) is 0 Å². The third kappa shape index (κ3) is 4.14. The monoisotopic (exact) mass is 394 g/mol. The summed E-state index contributed by atoms with van der Waals surface area (Å²) in [5, 5.41) is 1.97. The van der Waals surface area contributed by atoms with Gasteiger partial charge in [0.2, 0.25) is 5.89 Å². The maximum absolute atomic E-state index is 12.9. The summed E-state index contributed by atoms with van der Waals surface area (Å²) < 4.78 is 44.2. The average molecular weight is 394 g/mol. The molecule has 0 saturated carbocycles. The molecule has 4 heterocycles. The lowest BCUT2D eigenvalue weighted by Gasteiger charge is -2.35. The molecule has 1 aliphatic heterocycles. The number of rotatable bonds is 4. The smallest absolute Gasteiger partial charge is 0.416 e. The highest BCUT2D eigenvalue weighted by Gasteiger charge is 2.31. The van der Waals surface area contributed by atoms with Gasteiger partial charge in [-0.3, -0.25) is 4.90 Å². The molecule has 4 rings (SSSR count). The molecule has 9 heteroatoms. The molecule has 1 saturated heterocycles. The van der Waals surface area contributed by atoms with E-state index in [4.69, 9.17) is 4.42 Å². The highest BCUT2D eigenvalue weighted by atomic mass is 32.1. The third-order valence-electron chi connectivity index (χ3n) is 4.44. The van der Waals surface area contributed by atoms with Crippen molar-refractivity contribution in [2.75, 3.05) is 31.1 Å². The van der Waals surface area contributed by atoms with Gasteiger partial charge >= 0.3 is 6.18 Å². The molecule has 1 fully saturated rings. The summed E-state index contributed by atoms with van der Waals surface area (Å²) in [7, 11) is 0. The number of piperazine rings is 1. The van der Waals surface area contributed by atoms with Crippen molar-refractivity contribution in [3.05, 3.63) is 53.4 Å². The average Bonchev–Trinajstić information content (AvgIpc) is 3.33. The van der Waals surface area contributed by atoms with Crippen molar-refractivity contribution in [2.45, 2.75) is 12.7 Å². The summed E-state index contributed by atoms with van der Waals surface area (Å²) in [6.45, 7) is 3.32. The van der Waals surface area contributed by atoms with Crippen LogP contribution in [0.25, 0.3) is 10.8 Å². The van der Waals surface area contributed by atoms with E-state index >= 15 is 0 Å². The van der Waals surface area contributed by atoms with Crippen LogP contribution in [-0.4, -0.2) is 41.0 Å². The molecule has 0 atom stereocenters. The van der Waals surface area contributed by atoms with Crippen LogP contribution < -0.4 is 4.90 Å². The first kappa shape index (κ1) is 18.0. The van der Waals surface area contributed by atoms with Crippen molar-refractivity contribution in [1.29, 1.82) is 0 Å². The molecule has 0 unspecified atom stereocenters. The molecule has 0 aromatic carbocycles. The predicted molar refractivity (Wildman–Crippen MR) is 96.5 cm³/mol. The van der Waals surface area contributed by atoms with Gasteiger partial charge < -0.3 is 9.32 Å². The maximum Gasteiger partial charge on any atom is 0.416 e. The van der Waals surface area contributed by atoms with Crippen LogP contribution in [0.5, 0.6) is 0 Å². The van der Waals surface area contributed by atoms with Crippen LogP contribution in [-0.2, 0) is 12.7 Å². The molecule has 142 valence electrons. The van der Waals surface area contributed by atoms with E-state index in [-0.39, 0.29) is 0 Å². The maximum atomic E-state index is 12.9. The fourth-order valence-corrected chi connectivity index (χ4v) is 3.68. The fourth-order valence-electron chi connectivity index (χ4n) is 3.02. The number of hydrogen-bond donors (Lipinski definition) is 0. The molecule has 0 aliphatic carbocycles. The zero-order chi connectivity index (χ0) is 18.9. The first-order valence-electron chi connectivity index (χ1n) is 8.48. The predicted octanol–water partition coefficient (Wildman–Crippen LogP) is 4.14. The van der Waals surface area contributed by atoms with Gasteiger partial charge in [-0.15, -0.1) is 11.3 Å². The number of oxazole rings is 1. The van der Waals surface area contributed by atoms with E-state index in [9.17, 15) is 13.2 Å². The number of pyridine rings is 1. The summed E-state index contributed by atoms with van der Waals surface area (Å²) in [6.07, 6.45) is -1.48. The van der Waals surface area contributed by atoms with E-state index in [0.29, 0.717) is 31.3 Å². The second-order valence-electron chi connectivity index (χ2n) is 6.28. The van der Waals surface area contributed by atoms with E-state index in [2.05, 4.69) is 14.9 Å². The highest BCUT2D eigenvalue weighted by Crippen LogP contribution is 2.31. The van der Waals surface area contributed by atoms with Crippen molar-refractivity contribution < 1.29 is 17.6 Å². The lowest BCUT2D eigenvalue weighted by atomic mass is 10.2. The summed E-state index contributed by atoms with van der Waals surface area (Å²) in [5.74, 6) is 0.984. The Hall–Kier alpha value is -2.39. The van der Waals surface area contributed by atoms with E-state index < -0.39 is 11.7 Å². The Bertz CT molecular complexity index is 886. The number of halogens is 3.